The molecule has 3 aromatic rings. The highest BCUT2D eigenvalue weighted by atomic mass is 35.5. The summed E-state index contributed by atoms with van der Waals surface area (Å²) in [5.74, 6) is 1.41. The Morgan fingerprint density at radius 1 is 1.32 bits per heavy atom. The van der Waals surface area contributed by atoms with Crippen LogP contribution in [0.5, 0.6) is 0 Å². The molecule has 3 rings (SSSR count). The van der Waals surface area contributed by atoms with Crippen LogP contribution in [0.2, 0.25) is 5.02 Å². The van der Waals surface area contributed by atoms with Gasteiger partial charge in [-0.3, -0.25) is 9.25 Å². The molecule has 98 valence electrons. The van der Waals surface area contributed by atoms with Crippen molar-refractivity contribution in [1.29, 1.82) is 0 Å². The molecule has 0 N–H and O–H groups in total. The van der Waals surface area contributed by atoms with Gasteiger partial charge in [0.2, 0.25) is 0 Å². The van der Waals surface area contributed by atoms with Crippen molar-refractivity contribution in [2.75, 3.05) is 5.88 Å². The number of para-hydroxylation sites is 1. The van der Waals surface area contributed by atoms with Crippen LogP contribution in [0.4, 0.5) is 0 Å². The molecule has 0 bridgehead atoms. The van der Waals surface area contributed by atoms with Crippen molar-refractivity contribution in [2.24, 2.45) is 7.05 Å². The number of halogens is 2. The summed E-state index contributed by atoms with van der Waals surface area (Å²) in [5, 5.41) is 4.88. The molecule has 0 saturated heterocycles. The van der Waals surface area contributed by atoms with Gasteiger partial charge in [0, 0.05) is 25.5 Å². The van der Waals surface area contributed by atoms with Gasteiger partial charge in [-0.25, -0.2) is 4.98 Å². The second-order valence-electron chi connectivity index (χ2n) is 4.28. The van der Waals surface area contributed by atoms with Crippen LogP contribution in [0, 0.1) is 0 Å². The monoisotopic (exact) mass is 294 g/mol. The van der Waals surface area contributed by atoms with Crippen molar-refractivity contribution < 1.29 is 0 Å². The van der Waals surface area contributed by atoms with E-state index in [2.05, 4.69) is 10.1 Å². The number of benzene rings is 1. The van der Waals surface area contributed by atoms with E-state index in [4.69, 9.17) is 23.2 Å². The number of aryl methyl sites for hydroxylation is 2. The lowest BCUT2D eigenvalue weighted by molar-refractivity contribution is 0.767. The Morgan fingerprint density at radius 2 is 2.16 bits per heavy atom. The van der Waals surface area contributed by atoms with Crippen LogP contribution in [-0.4, -0.2) is 25.2 Å². The van der Waals surface area contributed by atoms with Crippen LogP contribution in [0.15, 0.2) is 30.6 Å². The standard InChI is InChI=1S/C13H12Cl2N4/c1-18-8-9(7-16-18)19-12(5-6-14)17-11-4-2-3-10(15)13(11)19/h2-4,7-8H,5-6H2,1H3. The first-order valence-corrected chi connectivity index (χ1v) is 6.83. The first-order chi connectivity index (χ1) is 9.20. The molecule has 2 heterocycles. The third-order valence-electron chi connectivity index (χ3n) is 2.96. The molecular weight excluding hydrogens is 283 g/mol. The molecule has 1 aromatic carbocycles. The summed E-state index contributed by atoms with van der Waals surface area (Å²) in [5.41, 5.74) is 2.71. The molecule has 0 aliphatic rings. The van der Waals surface area contributed by atoms with Gasteiger partial charge in [-0.15, -0.1) is 11.6 Å². The Kier molecular flexibility index (Phi) is 3.21. The quantitative estimate of drug-likeness (QED) is 0.696. The minimum Gasteiger partial charge on any atom is -0.292 e. The number of rotatable bonds is 3. The Hall–Kier alpha value is -1.52. The van der Waals surface area contributed by atoms with E-state index in [1.54, 1.807) is 10.9 Å². The van der Waals surface area contributed by atoms with E-state index in [0.717, 1.165) is 22.5 Å². The fraction of sp³-hybridized carbons (Fsp3) is 0.231. The third-order valence-corrected chi connectivity index (χ3v) is 3.46. The van der Waals surface area contributed by atoms with Crippen molar-refractivity contribution in [1.82, 2.24) is 19.3 Å². The van der Waals surface area contributed by atoms with Gasteiger partial charge in [-0.05, 0) is 12.1 Å². The highest BCUT2D eigenvalue weighted by Gasteiger charge is 2.15. The van der Waals surface area contributed by atoms with E-state index in [1.165, 1.54) is 0 Å². The van der Waals surface area contributed by atoms with E-state index in [-0.39, 0.29) is 0 Å². The van der Waals surface area contributed by atoms with Crippen molar-refractivity contribution in [3.05, 3.63) is 41.4 Å². The minimum absolute atomic E-state index is 0.515. The first-order valence-electron chi connectivity index (χ1n) is 5.91. The molecule has 4 nitrogen and oxygen atoms in total. The summed E-state index contributed by atoms with van der Waals surface area (Å²) in [6.07, 6.45) is 4.41. The average molecular weight is 295 g/mol. The molecular formula is C13H12Cl2N4. The number of hydrogen-bond acceptors (Lipinski definition) is 2. The maximum atomic E-state index is 6.31. The molecule has 0 saturated carbocycles. The second-order valence-corrected chi connectivity index (χ2v) is 5.07. The molecule has 6 heteroatoms. The van der Waals surface area contributed by atoms with Crippen molar-refractivity contribution in [3.63, 3.8) is 0 Å². The molecule has 19 heavy (non-hydrogen) atoms. The normalized spacial score (nSPS) is 11.3. The van der Waals surface area contributed by atoms with Gasteiger partial charge < -0.3 is 0 Å². The Labute approximate surface area is 120 Å². The van der Waals surface area contributed by atoms with Crippen molar-refractivity contribution >= 4 is 34.2 Å². The van der Waals surface area contributed by atoms with Gasteiger partial charge in [0.1, 0.15) is 5.82 Å². The van der Waals surface area contributed by atoms with Crippen LogP contribution < -0.4 is 0 Å². The fourth-order valence-electron chi connectivity index (χ4n) is 2.19. The molecule has 0 radical (unpaired) electrons. The first kappa shape index (κ1) is 12.5. The summed E-state index contributed by atoms with van der Waals surface area (Å²) in [4.78, 5) is 4.61. The zero-order chi connectivity index (χ0) is 13.4. The molecule has 0 atom stereocenters. The van der Waals surface area contributed by atoms with Gasteiger partial charge in [-0.2, -0.15) is 5.10 Å². The van der Waals surface area contributed by atoms with Crippen LogP contribution in [0.25, 0.3) is 16.7 Å². The lowest BCUT2D eigenvalue weighted by atomic mass is 10.3. The number of alkyl halides is 1. The summed E-state index contributed by atoms with van der Waals surface area (Å²) in [6, 6.07) is 5.71. The zero-order valence-electron chi connectivity index (χ0n) is 10.3. The zero-order valence-corrected chi connectivity index (χ0v) is 11.9. The second kappa shape index (κ2) is 4.87. The fourth-order valence-corrected chi connectivity index (χ4v) is 2.61. The Bertz CT molecular complexity index is 729. The van der Waals surface area contributed by atoms with Crippen LogP contribution in [0.3, 0.4) is 0 Å². The summed E-state index contributed by atoms with van der Waals surface area (Å²) in [6.45, 7) is 0. The average Bonchev–Trinajstić information content (AvgIpc) is 2.94. The van der Waals surface area contributed by atoms with Crippen LogP contribution >= 0.6 is 23.2 Å². The van der Waals surface area contributed by atoms with Gasteiger partial charge in [-0.1, -0.05) is 17.7 Å². The van der Waals surface area contributed by atoms with E-state index in [0.29, 0.717) is 17.3 Å². The van der Waals surface area contributed by atoms with Gasteiger partial charge in [0.25, 0.3) is 0 Å². The van der Waals surface area contributed by atoms with Gasteiger partial charge in [0.15, 0.2) is 0 Å². The highest BCUT2D eigenvalue weighted by Crippen LogP contribution is 2.28. The molecule has 0 aliphatic carbocycles. The number of nitrogens with zero attached hydrogens (tertiary/aromatic N) is 4. The SMILES string of the molecule is Cn1cc(-n2c(CCCl)nc3cccc(Cl)c32)cn1. The van der Waals surface area contributed by atoms with E-state index >= 15 is 0 Å². The predicted octanol–water partition coefficient (Wildman–Crippen LogP) is 3.19. The van der Waals surface area contributed by atoms with Gasteiger partial charge in [0.05, 0.1) is 27.9 Å². The largest absolute Gasteiger partial charge is 0.292 e. The summed E-state index contributed by atoms with van der Waals surface area (Å²) < 4.78 is 3.77. The molecule has 0 aliphatic heterocycles. The Balaban J connectivity index is 2.33. The molecule has 0 fully saturated rings. The predicted molar refractivity (Wildman–Crippen MR) is 77.3 cm³/mol. The lowest BCUT2D eigenvalue weighted by Gasteiger charge is -2.06. The number of hydrogen-bond donors (Lipinski definition) is 0. The molecule has 0 amide bonds. The number of imidazole rings is 1. The highest BCUT2D eigenvalue weighted by molar-refractivity contribution is 6.35. The smallest absolute Gasteiger partial charge is 0.115 e. The summed E-state index contributed by atoms with van der Waals surface area (Å²) in [7, 11) is 1.88. The maximum Gasteiger partial charge on any atom is 0.115 e. The lowest BCUT2D eigenvalue weighted by Crippen LogP contribution is -2.01. The van der Waals surface area contributed by atoms with Crippen molar-refractivity contribution in [2.45, 2.75) is 6.42 Å². The van der Waals surface area contributed by atoms with E-state index in [1.807, 2.05) is 36.0 Å². The van der Waals surface area contributed by atoms with Crippen molar-refractivity contribution in [3.8, 4) is 5.69 Å². The molecule has 0 unspecified atom stereocenters. The molecule has 2 aromatic heterocycles. The van der Waals surface area contributed by atoms with Crippen LogP contribution in [-0.2, 0) is 13.5 Å². The maximum absolute atomic E-state index is 6.31. The van der Waals surface area contributed by atoms with Gasteiger partial charge >= 0.3 is 0 Å². The van der Waals surface area contributed by atoms with Crippen LogP contribution in [0.1, 0.15) is 5.82 Å². The molecule has 0 spiro atoms. The Morgan fingerprint density at radius 3 is 2.84 bits per heavy atom. The number of fused-ring (bicyclic) bond motifs is 1. The van der Waals surface area contributed by atoms with E-state index < -0.39 is 0 Å². The number of aromatic nitrogens is 4. The minimum atomic E-state index is 0.515. The topological polar surface area (TPSA) is 35.6 Å². The third kappa shape index (κ3) is 2.11. The summed E-state index contributed by atoms with van der Waals surface area (Å²) >= 11 is 12.2. The van der Waals surface area contributed by atoms with E-state index in [9.17, 15) is 0 Å².